The first-order chi connectivity index (χ1) is 15.9. The van der Waals surface area contributed by atoms with Crippen molar-refractivity contribution in [2.75, 3.05) is 19.8 Å². The van der Waals surface area contributed by atoms with Crippen LogP contribution in [0.25, 0.3) is 11.1 Å². The van der Waals surface area contributed by atoms with Gasteiger partial charge in [0.1, 0.15) is 19.3 Å². The average Bonchev–Trinajstić information content (AvgIpc) is 3.15. The maximum absolute atomic E-state index is 12.2. The van der Waals surface area contributed by atoms with Gasteiger partial charge in [-0.15, -0.1) is 0 Å². The smallest absolute Gasteiger partial charge is 0.407 e. The second-order valence-corrected chi connectivity index (χ2v) is 8.36. The molecule has 9 nitrogen and oxygen atoms in total. The summed E-state index contributed by atoms with van der Waals surface area (Å²) in [6, 6.07) is 15.9. The average molecular weight is 456 g/mol. The highest BCUT2D eigenvalue weighted by Crippen LogP contribution is 2.44. The molecule has 4 unspecified atom stereocenters. The van der Waals surface area contributed by atoms with E-state index in [4.69, 9.17) is 9.47 Å². The summed E-state index contributed by atoms with van der Waals surface area (Å²) in [7, 11) is 0. The van der Waals surface area contributed by atoms with Crippen molar-refractivity contribution in [2.24, 2.45) is 5.92 Å². The van der Waals surface area contributed by atoms with Gasteiger partial charge >= 0.3 is 6.09 Å². The van der Waals surface area contributed by atoms with Crippen LogP contribution in [0.5, 0.6) is 0 Å². The molecule has 2 aromatic carbocycles. The monoisotopic (exact) mass is 456 g/mol. The number of amides is 2. The topological polar surface area (TPSA) is 137 Å². The molecule has 0 saturated carbocycles. The van der Waals surface area contributed by atoms with Crippen LogP contribution < -0.4 is 10.6 Å². The highest BCUT2D eigenvalue weighted by Gasteiger charge is 2.42. The molecule has 0 bridgehead atoms. The van der Waals surface area contributed by atoms with Crippen molar-refractivity contribution in [3.63, 3.8) is 0 Å². The fraction of sp³-hybridized carbons (Fsp3) is 0.417. The fourth-order valence-electron chi connectivity index (χ4n) is 4.44. The molecule has 4 rings (SSSR count). The van der Waals surface area contributed by atoms with Gasteiger partial charge in [-0.05, 0) is 22.3 Å². The van der Waals surface area contributed by atoms with Crippen molar-refractivity contribution in [1.29, 1.82) is 0 Å². The summed E-state index contributed by atoms with van der Waals surface area (Å²) in [6.45, 7) is 0.980. The van der Waals surface area contributed by atoms with E-state index in [0.29, 0.717) is 0 Å². The molecule has 1 aliphatic carbocycles. The Hall–Kier alpha value is -2.98. The van der Waals surface area contributed by atoms with Crippen LogP contribution in [-0.2, 0) is 14.3 Å². The number of fused-ring (bicyclic) bond motifs is 3. The number of hydrogen-bond donors (Lipinski definition) is 5. The zero-order valence-electron chi connectivity index (χ0n) is 18.2. The molecule has 1 saturated heterocycles. The number of hydrogen-bond acceptors (Lipinski definition) is 7. The molecule has 5 N–H and O–H groups in total. The van der Waals surface area contributed by atoms with E-state index in [-0.39, 0.29) is 19.1 Å². The van der Waals surface area contributed by atoms with E-state index in [1.165, 1.54) is 0 Å². The second kappa shape index (κ2) is 9.88. The third-order valence-corrected chi connectivity index (χ3v) is 6.33. The number of carbonyl (C=O) groups excluding carboxylic acids is 2. The predicted molar refractivity (Wildman–Crippen MR) is 118 cm³/mol. The van der Waals surface area contributed by atoms with E-state index in [0.717, 1.165) is 22.3 Å². The summed E-state index contributed by atoms with van der Waals surface area (Å²) in [5, 5.41) is 34.4. The number of aliphatic hydroxyl groups excluding tert-OH is 3. The number of rotatable bonds is 6. The first-order valence-corrected chi connectivity index (χ1v) is 10.9. The van der Waals surface area contributed by atoms with Gasteiger partial charge in [-0.25, -0.2) is 4.79 Å². The first-order valence-electron chi connectivity index (χ1n) is 10.9. The lowest BCUT2D eigenvalue weighted by molar-refractivity contribution is -0.213. The van der Waals surface area contributed by atoms with Crippen LogP contribution in [0.3, 0.4) is 0 Å². The van der Waals surface area contributed by atoms with Crippen LogP contribution in [0.15, 0.2) is 48.5 Å². The van der Waals surface area contributed by atoms with Crippen LogP contribution in [0.1, 0.15) is 24.0 Å². The lowest BCUT2D eigenvalue weighted by Crippen LogP contribution is -2.61. The Morgan fingerprint density at radius 1 is 1.00 bits per heavy atom. The lowest BCUT2D eigenvalue weighted by atomic mass is 9.90. The molecular weight excluding hydrogens is 428 g/mol. The van der Waals surface area contributed by atoms with Crippen molar-refractivity contribution in [3.05, 3.63) is 59.7 Å². The van der Waals surface area contributed by atoms with E-state index in [2.05, 4.69) is 10.6 Å². The highest BCUT2D eigenvalue weighted by atomic mass is 16.6. The van der Waals surface area contributed by atoms with Crippen molar-refractivity contribution in [2.45, 2.75) is 37.4 Å². The van der Waals surface area contributed by atoms with Crippen LogP contribution in [0, 0.1) is 5.92 Å². The molecule has 176 valence electrons. The SMILES string of the molecule is CC1C(CO)O[C@@H](NC(=O)CNC(=O)OCC2c3ccccc3-c3ccccc32)C(O)C1O. The molecule has 1 aliphatic heterocycles. The van der Waals surface area contributed by atoms with E-state index in [1.54, 1.807) is 6.92 Å². The molecule has 1 fully saturated rings. The van der Waals surface area contributed by atoms with Crippen LogP contribution in [-0.4, -0.2) is 71.6 Å². The molecule has 9 heteroatoms. The van der Waals surface area contributed by atoms with Crippen LogP contribution in [0.4, 0.5) is 4.79 Å². The summed E-state index contributed by atoms with van der Waals surface area (Å²) in [5.41, 5.74) is 4.40. The minimum Gasteiger partial charge on any atom is -0.449 e. The third kappa shape index (κ3) is 4.72. The van der Waals surface area contributed by atoms with Crippen molar-refractivity contribution >= 4 is 12.0 Å². The number of carbonyl (C=O) groups is 2. The van der Waals surface area contributed by atoms with Gasteiger partial charge in [0, 0.05) is 11.8 Å². The molecule has 0 radical (unpaired) electrons. The molecule has 2 amide bonds. The number of alkyl carbamates (subject to hydrolysis) is 1. The molecule has 5 atom stereocenters. The molecule has 0 aromatic heterocycles. The Morgan fingerprint density at radius 3 is 2.21 bits per heavy atom. The molecule has 1 heterocycles. The number of ether oxygens (including phenoxy) is 2. The number of nitrogens with one attached hydrogen (secondary N) is 2. The van der Waals surface area contributed by atoms with Crippen molar-refractivity contribution in [3.8, 4) is 11.1 Å². The largest absolute Gasteiger partial charge is 0.449 e. The minimum absolute atomic E-state index is 0.0957. The summed E-state index contributed by atoms with van der Waals surface area (Å²) in [5.74, 6) is -1.23. The van der Waals surface area contributed by atoms with Crippen molar-refractivity contribution in [1.82, 2.24) is 10.6 Å². The third-order valence-electron chi connectivity index (χ3n) is 6.33. The maximum Gasteiger partial charge on any atom is 0.407 e. The second-order valence-electron chi connectivity index (χ2n) is 8.36. The van der Waals surface area contributed by atoms with Gasteiger partial charge < -0.3 is 35.4 Å². The zero-order chi connectivity index (χ0) is 23.5. The Bertz CT molecular complexity index is 966. The molecule has 2 aromatic rings. The van der Waals surface area contributed by atoms with Gasteiger partial charge in [0.2, 0.25) is 5.91 Å². The number of aliphatic hydroxyl groups is 3. The quantitative estimate of drug-likeness (QED) is 0.432. The molecule has 0 spiro atoms. The highest BCUT2D eigenvalue weighted by molar-refractivity contribution is 5.82. The van der Waals surface area contributed by atoms with Gasteiger partial charge in [0.25, 0.3) is 0 Å². The molecule has 33 heavy (non-hydrogen) atoms. The normalized spacial score (nSPS) is 26.2. The standard InChI is InChI=1S/C24H28N2O7/c1-13-19(11-27)33-23(22(30)21(13)29)26-20(28)10-25-24(31)32-12-18-16-8-4-2-6-14(16)15-7-3-5-9-17(15)18/h2-9,13,18-19,21-23,27,29-30H,10-12H2,1H3,(H,25,31)(H,26,28)/t13?,19?,21?,22?,23-/m1/s1. The van der Waals surface area contributed by atoms with E-state index >= 15 is 0 Å². The zero-order valence-corrected chi connectivity index (χ0v) is 18.2. The Labute approximate surface area is 191 Å². The molecular formula is C24H28N2O7. The van der Waals surface area contributed by atoms with E-state index in [9.17, 15) is 24.9 Å². The van der Waals surface area contributed by atoms with Gasteiger partial charge in [-0.3, -0.25) is 4.79 Å². The Kier molecular flexibility index (Phi) is 6.94. The number of benzene rings is 2. The van der Waals surface area contributed by atoms with Crippen LogP contribution in [0.2, 0.25) is 0 Å². The fourth-order valence-corrected chi connectivity index (χ4v) is 4.44. The Balaban J connectivity index is 1.28. The van der Waals surface area contributed by atoms with Gasteiger partial charge in [-0.1, -0.05) is 55.5 Å². The van der Waals surface area contributed by atoms with Crippen LogP contribution >= 0.6 is 0 Å². The lowest BCUT2D eigenvalue weighted by Gasteiger charge is -2.41. The van der Waals surface area contributed by atoms with Gasteiger partial charge in [-0.2, -0.15) is 0 Å². The van der Waals surface area contributed by atoms with E-state index < -0.39 is 49.0 Å². The van der Waals surface area contributed by atoms with E-state index in [1.807, 2.05) is 48.5 Å². The summed E-state index contributed by atoms with van der Waals surface area (Å²) < 4.78 is 10.8. The summed E-state index contributed by atoms with van der Waals surface area (Å²) in [6.07, 6.45) is -5.22. The molecule has 2 aliphatic rings. The Morgan fingerprint density at radius 2 is 1.61 bits per heavy atom. The summed E-state index contributed by atoms with van der Waals surface area (Å²) >= 11 is 0. The maximum atomic E-state index is 12.2. The minimum atomic E-state index is -1.36. The predicted octanol–water partition coefficient (Wildman–Crippen LogP) is 0.716. The van der Waals surface area contributed by atoms with Gasteiger partial charge in [0.15, 0.2) is 6.23 Å². The van der Waals surface area contributed by atoms with Crippen molar-refractivity contribution < 1.29 is 34.4 Å². The first kappa shape index (κ1) is 23.2. The van der Waals surface area contributed by atoms with Gasteiger partial charge in [0.05, 0.1) is 18.8 Å². The summed E-state index contributed by atoms with van der Waals surface area (Å²) in [4.78, 5) is 24.4.